The van der Waals surface area contributed by atoms with Crippen molar-refractivity contribution in [2.24, 2.45) is 0 Å². The van der Waals surface area contributed by atoms with Crippen LogP contribution in [0.3, 0.4) is 0 Å². The largest absolute Gasteiger partial charge is 0.384 e. The fourth-order valence-electron chi connectivity index (χ4n) is 2.24. The summed E-state index contributed by atoms with van der Waals surface area (Å²) in [6, 6.07) is 4.64. The van der Waals surface area contributed by atoms with Crippen LogP contribution in [0.25, 0.3) is 0 Å². The summed E-state index contributed by atoms with van der Waals surface area (Å²) >= 11 is 1.73. The monoisotopic (exact) mass is 225 g/mol. The maximum Gasteiger partial charge on any atom is 0.101 e. The number of aryl methyl sites for hydroxylation is 1. The van der Waals surface area contributed by atoms with Crippen molar-refractivity contribution in [3.8, 4) is 0 Å². The van der Waals surface area contributed by atoms with E-state index in [1.165, 1.54) is 4.88 Å². The van der Waals surface area contributed by atoms with Crippen molar-refractivity contribution in [2.75, 3.05) is 13.6 Å². The van der Waals surface area contributed by atoms with Crippen LogP contribution < -0.4 is 0 Å². The first-order valence-electron chi connectivity index (χ1n) is 5.51. The van der Waals surface area contributed by atoms with Crippen molar-refractivity contribution in [3.05, 3.63) is 21.9 Å². The summed E-state index contributed by atoms with van der Waals surface area (Å²) in [6.45, 7) is 5.26. The molecule has 1 aliphatic rings. The van der Waals surface area contributed by atoms with Gasteiger partial charge in [0.15, 0.2) is 0 Å². The van der Waals surface area contributed by atoms with Crippen LogP contribution in [0.15, 0.2) is 12.1 Å². The van der Waals surface area contributed by atoms with E-state index in [0.717, 1.165) is 24.3 Å². The molecule has 0 bridgehead atoms. The molecule has 3 heteroatoms. The van der Waals surface area contributed by atoms with E-state index in [2.05, 4.69) is 37.9 Å². The molecule has 1 N–H and O–H groups in total. The molecule has 2 heterocycles. The molecule has 2 nitrogen and oxygen atoms in total. The molecule has 15 heavy (non-hydrogen) atoms. The van der Waals surface area contributed by atoms with Gasteiger partial charge in [0.1, 0.15) is 5.60 Å². The Labute approximate surface area is 95.5 Å². The zero-order valence-corrected chi connectivity index (χ0v) is 10.5. The first kappa shape index (κ1) is 11.1. The zero-order valence-electron chi connectivity index (χ0n) is 9.66. The van der Waals surface area contributed by atoms with E-state index in [4.69, 9.17) is 0 Å². The minimum Gasteiger partial charge on any atom is -0.384 e. The lowest BCUT2D eigenvalue weighted by Crippen LogP contribution is -2.45. The van der Waals surface area contributed by atoms with Gasteiger partial charge in [-0.3, -0.25) is 0 Å². The van der Waals surface area contributed by atoms with Crippen molar-refractivity contribution in [1.82, 2.24) is 4.90 Å². The standard InChI is InChI=1S/C12H19NOS/c1-9-8-12(14,6-7-13(9)3)11-5-4-10(2)15-11/h4-5,9,14H,6-8H2,1-3H3. The van der Waals surface area contributed by atoms with E-state index in [0.29, 0.717) is 6.04 Å². The van der Waals surface area contributed by atoms with Crippen molar-refractivity contribution >= 4 is 11.3 Å². The predicted octanol–water partition coefficient (Wildman–Crippen LogP) is 2.36. The van der Waals surface area contributed by atoms with Crippen LogP contribution in [-0.2, 0) is 5.60 Å². The Kier molecular flexibility index (Phi) is 2.88. The van der Waals surface area contributed by atoms with Gasteiger partial charge in [0, 0.05) is 22.3 Å². The van der Waals surface area contributed by atoms with Gasteiger partial charge >= 0.3 is 0 Å². The molecule has 0 spiro atoms. The van der Waals surface area contributed by atoms with E-state index in [-0.39, 0.29) is 0 Å². The molecular formula is C12H19NOS. The van der Waals surface area contributed by atoms with Gasteiger partial charge in [0.2, 0.25) is 0 Å². The number of aliphatic hydroxyl groups is 1. The number of nitrogens with zero attached hydrogens (tertiary/aromatic N) is 1. The Bertz CT molecular complexity index is 349. The molecule has 1 fully saturated rings. The van der Waals surface area contributed by atoms with Gasteiger partial charge in [-0.05, 0) is 45.9 Å². The summed E-state index contributed by atoms with van der Waals surface area (Å²) in [5.41, 5.74) is -0.579. The summed E-state index contributed by atoms with van der Waals surface area (Å²) in [7, 11) is 2.13. The molecular weight excluding hydrogens is 206 g/mol. The Hall–Kier alpha value is -0.380. The fourth-order valence-corrected chi connectivity index (χ4v) is 3.23. The fraction of sp³-hybridized carbons (Fsp3) is 0.667. The second kappa shape index (κ2) is 3.89. The first-order chi connectivity index (χ1) is 7.01. The van der Waals surface area contributed by atoms with E-state index in [1.807, 2.05) is 0 Å². The van der Waals surface area contributed by atoms with Crippen LogP contribution in [0.1, 0.15) is 29.5 Å². The quantitative estimate of drug-likeness (QED) is 0.793. The average molecular weight is 225 g/mol. The highest BCUT2D eigenvalue weighted by atomic mass is 32.1. The van der Waals surface area contributed by atoms with Crippen molar-refractivity contribution in [3.63, 3.8) is 0 Å². The maximum absolute atomic E-state index is 10.6. The summed E-state index contributed by atoms with van der Waals surface area (Å²) in [6.07, 6.45) is 1.71. The minimum atomic E-state index is -0.579. The number of thiophene rings is 1. The third kappa shape index (κ3) is 2.10. The van der Waals surface area contributed by atoms with E-state index in [9.17, 15) is 5.11 Å². The van der Waals surface area contributed by atoms with E-state index >= 15 is 0 Å². The lowest BCUT2D eigenvalue weighted by molar-refractivity contribution is -0.0380. The summed E-state index contributed by atoms with van der Waals surface area (Å²) in [5, 5.41) is 10.6. The second-order valence-electron chi connectivity index (χ2n) is 4.73. The number of likely N-dealkylation sites (tertiary alicyclic amines) is 1. The highest BCUT2D eigenvalue weighted by molar-refractivity contribution is 7.12. The summed E-state index contributed by atoms with van der Waals surface area (Å²) in [5.74, 6) is 0. The molecule has 1 saturated heterocycles. The van der Waals surface area contributed by atoms with Gasteiger partial charge in [-0.15, -0.1) is 11.3 Å². The van der Waals surface area contributed by atoms with Crippen LogP contribution in [0, 0.1) is 6.92 Å². The molecule has 1 aliphatic heterocycles. The van der Waals surface area contributed by atoms with Gasteiger partial charge in [0.25, 0.3) is 0 Å². The van der Waals surface area contributed by atoms with Gasteiger partial charge in [-0.2, -0.15) is 0 Å². The highest BCUT2D eigenvalue weighted by Gasteiger charge is 2.37. The van der Waals surface area contributed by atoms with E-state index < -0.39 is 5.60 Å². The lowest BCUT2D eigenvalue weighted by atomic mass is 9.86. The predicted molar refractivity (Wildman–Crippen MR) is 64.3 cm³/mol. The van der Waals surface area contributed by atoms with Gasteiger partial charge in [-0.25, -0.2) is 0 Å². The Morgan fingerprint density at radius 1 is 1.53 bits per heavy atom. The first-order valence-corrected chi connectivity index (χ1v) is 6.32. The van der Waals surface area contributed by atoms with Crippen molar-refractivity contribution < 1.29 is 5.11 Å². The van der Waals surface area contributed by atoms with Gasteiger partial charge in [0.05, 0.1) is 0 Å². The minimum absolute atomic E-state index is 0.464. The molecule has 2 atom stereocenters. The van der Waals surface area contributed by atoms with E-state index in [1.54, 1.807) is 11.3 Å². The van der Waals surface area contributed by atoms with Crippen LogP contribution in [-0.4, -0.2) is 29.6 Å². The molecule has 0 radical (unpaired) electrons. The van der Waals surface area contributed by atoms with Crippen molar-refractivity contribution in [2.45, 2.75) is 38.3 Å². The Morgan fingerprint density at radius 2 is 2.27 bits per heavy atom. The molecule has 0 aromatic carbocycles. The molecule has 2 unspecified atom stereocenters. The SMILES string of the molecule is Cc1ccc(C2(O)CCN(C)C(C)C2)s1. The Balaban J connectivity index is 2.20. The number of hydrogen-bond acceptors (Lipinski definition) is 3. The molecule has 0 saturated carbocycles. The van der Waals surface area contributed by atoms with Crippen LogP contribution in [0.4, 0.5) is 0 Å². The molecule has 1 aromatic heterocycles. The molecule has 0 aliphatic carbocycles. The third-order valence-electron chi connectivity index (χ3n) is 3.46. The Morgan fingerprint density at radius 3 is 2.80 bits per heavy atom. The number of piperidine rings is 1. The highest BCUT2D eigenvalue weighted by Crippen LogP contribution is 2.38. The molecule has 0 amide bonds. The summed E-state index contributed by atoms with van der Waals surface area (Å²) < 4.78 is 0. The normalized spacial score (nSPS) is 33.2. The van der Waals surface area contributed by atoms with Crippen LogP contribution in [0.2, 0.25) is 0 Å². The van der Waals surface area contributed by atoms with Gasteiger partial charge < -0.3 is 10.0 Å². The zero-order chi connectivity index (χ0) is 11.1. The third-order valence-corrected chi connectivity index (χ3v) is 4.66. The number of hydrogen-bond donors (Lipinski definition) is 1. The van der Waals surface area contributed by atoms with Crippen LogP contribution in [0.5, 0.6) is 0 Å². The molecule has 1 aromatic rings. The van der Waals surface area contributed by atoms with Crippen LogP contribution >= 0.6 is 11.3 Å². The second-order valence-corrected chi connectivity index (χ2v) is 6.01. The molecule has 84 valence electrons. The lowest BCUT2D eigenvalue weighted by Gasteiger charge is -2.40. The average Bonchev–Trinajstić information content (AvgIpc) is 2.60. The molecule has 2 rings (SSSR count). The number of rotatable bonds is 1. The smallest absolute Gasteiger partial charge is 0.101 e. The summed E-state index contributed by atoms with van der Waals surface area (Å²) in [4.78, 5) is 4.74. The topological polar surface area (TPSA) is 23.5 Å². The van der Waals surface area contributed by atoms with Gasteiger partial charge in [-0.1, -0.05) is 0 Å². The maximum atomic E-state index is 10.6. The van der Waals surface area contributed by atoms with Crippen molar-refractivity contribution in [1.29, 1.82) is 0 Å².